The molecule has 2 aliphatic rings. The zero-order valence-electron chi connectivity index (χ0n) is 23.3. The van der Waals surface area contributed by atoms with Crippen molar-refractivity contribution < 1.29 is 20.1 Å². The van der Waals surface area contributed by atoms with Gasteiger partial charge in [-0.25, -0.2) is 14.6 Å². The summed E-state index contributed by atoms with van der Waals surface area (Å²) in [5.41, 5.74) is 2.87. The van der Waals surface area contributed by atoms with Gasteiger partial charge in [-0.3, -0.25) is 9.88 Å². The predicted octanol–water partition coefficient (Wildman–Crippen LogP) is 5.35. The first-order chi connectivity index (χ1) is 20.2. The SMILES string of the molecule is CN1CCN(c2ccccn2)c2nc3n(c21)N(C)CCN3c1ccc2cccc(-c3cc4ccccc4cn3)c2n1.[Ir]. The van der Waals surface area contributed by atoms with Crippen molar-refractivity contribution >= 4 is 50.9 Å². The molecule has 10 heteroatoms. The Hall–Kier alpha value is -4.53. The summed E-state index contributed by atoms with van der Waals surface area (Å²) in [5.74, 6) is 4.60. The van der Waals surface area contributed by atoms with E-state index in [-0.39, 0.29) is 20.1 Å². The largest absolute Gasteiger partial charge is 0.355 e. The van der Waals surface area contributed by atoms with Gasteiger partial charge in [0, 0.05) is 82.6 Å². The zero-order valence-corrected chi connectivity index (χ0v) is 25.7. The monoisotopic (exact) mass is 732 g/mol. The molecule has 0 saturated heterocycles. The normalized spacial score (nSPS) is 14.6. The quantitative estimate of drug-likeness (QED) is 0.242. The summed E-state index contributed by atoms with van der Waals surface area (Å²) in [5, 5.41) is 5.61. The van der Waals surface area contributed by atoms with Crippen molar-refractivity contribution in [3.05, 3.63) is 91.3 Å². The number of hydrogen-bond acceptors (Lipinski definition) is 8. The van der Waals surface area contributed by atoms with Gasteiger partial charge in [0.15, 0.2) is 11.6 Å². The second-order valence-corrected chi connectivity index (χ2v) is 10.6. The van der Waals surface area contributed by atoms with Crippen LogP contribution in [0.25, 0.3) is 32.9 Å². The van der Waals surface area contributed by atoms with Crippen LogP contribution in [0.4, 0.5) is 29.2 Å². The number of aromatic nitrogens is 5. The van der Waals surface area contributed by atoms with E-state index in [0.29, 0.717) is 0 Å². The third-order valence-corrected chi connectivity index (χ3v) is 8.12. The Labute approximate surface area is 257 Å². The van der Waals surface area contributed by atoms with Crippen molar-refractivity contribution in [2.75, 3.05) is 60.0 Å². The molecule has 211 valence electrons. The Balaban J connectivity index is 0.00000288. The van der Waals surface area contributed by atoms with Crippen molar-refractivity contribution in [1.82, 2.24) is 24.6 Å². The number of hydrogen-bond donors (Lipinski definition) is 0. The van der Waals surface area contributed by atoms with Crippen LogP contribution in [-0.4, -0.2) is 64.9 Å². The van der Waals surface area contributed by atoms with E-state index in [1.165, 1.54) is 5.39 Å². The average Bonchev–Trinajstić information content (AvgIpc) is 3.43. The number of anilines is 5. The van der Waals surface area contributed by atoms with Crippen molar-refractivity contribution in [1.29, 1.82) is 0 Å². The van der Waals surface area contributed by atoms with E-state index in [0.717, 1.165) is 82.9 Å². The summed E-state index contributed by atoms with van der Waals surface area (Å²) >= 11 is 0. The van der Waals surface area contributed by atoms with E-state index in [1.807, 2.05) is 36.7 Å². The van der Waals surface area contributed by atoms with Crippen LogP contribution in [0.3, 0.4) is 0 Å². The van der Waals surface area contributed by atoms with Gasteiger partial charge in [0.25, 0.3) is 0 Å². The van der Waals surface area contributed by atoms with Crippen LogP contribution in [0.1, 0.15) is 0 Å². The van der Waals surface area contributed by atoms with E-state index in [9.17, 15) is 0 Å². The van der Waals surface area contributed by atoms with Gasteiger partial charge in [0.1, 0.15) is 11.6 Å². The molecular weight excluding hydrogens is 703 g/mol. The molecule has 9 nitrogen and oxygen atoms in total. The van der Waals surface area contributed by atoms with Crippen molar-refractivity contribution in [3.63, 3.8) is 0 Å². The molecule has 0 N–H and O–H groups in total. The number of fused-ring (bicyclic) bond motifs is 5. The molecule has 2 aliphatic heterocycles. The van der Waals surface area contributed by atoms with Crippen molar-refractivity contribution in [2.45, 2.75) is 0 Å². The predicted molar refractivity (Wildman–Crippen MR) is 165 cm³/mol. The molecule has 0 atom stereocenters. The molecule has 8 rings (SSSR count). The van der Waals surface area contributed by atoms with Gasteiger partial charge in [-0.1, -0.05) is 48.5 Å². The third-order valence-electron chi connectivity index (χ3n) is 8.12. The number of imidazole rings is 1. The van der Waals surface area contributed by atoms with E-state index >= 15 is 0 Å². The van der Waals surface area contributed by atoms with E-state index in [1.54, 1.807) is 0 Å². The van der Waals surface area contributed by atoms with Gasteiger partial charge in [-0.05, 0) is 35.7 Å². The molecular formula is C32H29IrN9. The smallest absolute Gasteiger partial charge is 0.234 e. The molecule has 2 aromatic carbocycles. The Bertz CT molecular complexity index is 1920. The molecule has 0 spiro atoms. The second-order valence-electron chi connectivity index (χ2n) is 10.6. The first-order valence-electron chi connectivity index (χ1n) is 13.9. The minimum Gasteiger partial charge on any atom is -0.355 e. The summed E-state index contributed by atoms with van der Waals surface area (Å²) in [7, 11) is 4.25. The van der Waals surface area contributed by atoms with E-state index in [2.05, 4.69) is 98.1 Å². The Morgan fingerprint density at radius 3 is 2.33 bits per heavy atom. The summed E-state index contributed by atoms with van der Waals surface area (Å²) in [6.45, 7) is 3.30. The second kappa shape index (κ2) is 10.4. The summed E-state index contributed by atoms with van der Waals surface area (Å²) in [6.07, 6.45) is 3.78. The summed E-state index contributed by atoms with van der Waals surface area (Å²) in [6, 6.07) is 27.0. The van der Waals surface area contributed by atoms with Crippen LogP contribution in [0, 0.1) is 0 Å². The Morgan fingerprint density at radius 2 is 1.48 bits per heavy atom. The minimum absolute atomic E-state index is 0. The molecule has 1 radical (unpaired) electrons. The van der Waals surface area contributed by atoms with Crippen LogP contribution >= 0.6 is 0 Å². The number of likely N-dealkylation sites (N-methyl/N-ethyl adjacent to an activating group) is 2. The fourth-order valence-corrected chi connectivity index (χ4v) is 5.97. The molecule has 6 heterocycles. The number of nitrogens with zero attached hydrogens (tertiary/aromatic N) is 9. The molecule has 0 unspecified atom stereocenters. The van der Waals surface area contributed by atoms with Gasteiger partial charge in [0.05, 0.1) is 17.8 Å². The van der Waals surface area contributed by atoms with Crippen molar-refractivity contribution in [3.8, 4) is 11.3 Å². The molecule has 0 fully saturated rings. The maximum atomic E-state index is 5.26. The fraction of sp³-hybridized carbons (Fsp3) is 0.188. The van der Waals surface area contributed by atoms with Gasteiger partial charge in [-0.2, -0.15) is 4.98 Å². The number of rotatable bonds is 3. The van der Waals surface area contributed by atoms with E-state index < -0.39 is 0 Å². The summed E-state index contributed by atoms with van der Waals surface area (Å²) < 4.78 is 2.22. The minimum atomic E-state index is 0. The molecule has 0 aliphatic carbocycles. The first-order valence-corrected chi connectivity index (χ1v) is 13.9. The van der Waals surface area contributed by atoms with Crippen LogP contribution in [-0.2, 0) is 20.1 Å². The first kappa shape index (κ1) is 26.4. The van der Waals surface area contributed by atoms with Crippen LogP contribution in [0.15, 0.2) is 91.3 Å². The van der Waals surface area contributed by atoms with Crippen LogP contribution < -0.4 is 19.7 Å². The maximum absolute atomic E-state index is 5.26. The number of benzene rings is 2. The van der Waals surface area contributed by atoms with Gasteiger partial charge in [-0.15, -0.1) is 0 Å². The van der Waals surface area contributed by atoms with Crippen LogP contribution in [0.2, 0.25) is 0 Å². The fourth-order valence-electron chi connectivity index (χ4n) is 5.97. The molecule has 0 bridgehead atoms. The molecule has 0 saturated carbocycles. The van der Waals surface area contributed by atoms with Gasteiger partial charge in [0.2, 0.25) is 5.95 Å². The Morgan fingerprint density at radius 1 is 0.667 bits per heavy atom. The average molecular weight is 732 g/mol. The van der Waals surface area contributed by atoms with Gasteiger partial charge >= 0.3 is 0 Å². The molecule has 4 aromatic heterocycles. The molecule has 42 heavy (non-hydrogen) atoms. The van der Waals surface area contributed by atoms with E-state index in [4.69, 9.17) is 15.0 Å². The number of para-hydroxylation sites is 1. The number of pyridine rings is 3. The third kappa shape index (κ3) is 4.17. The van der Waals surface area contributed by atoms with Crippen molar-refractivity contribution in [2.24, 2.45) is 0 Å². The van der Waals surface area contributed by atoms with Gasteiger partial charge < -0.3 is 14.8 Å². The molecule has 6 aromatic rings. The topological polar surface area (TPSA) is 69.5 Å². The van der Waals surface area contributed by atoms with Crippen LogP contribution in [0.5, 0.6) is 0 Å². The zero-order chi connectivity index (χ0) is 27.5. The standard InChI is InChI=1S/C32H29N9.Ir/c1-37-16-18-39(27-12-5-6-15-33-27)30-31(37)41-32(36-30)40(19-17-38(41)2)28-14-13-22-10-7-11-25(29(22)35-28)26-20-23-8-3-4-9-24(23)21-34-26;/h3-15,20-21H,16-19H2,1-2H3;. The molecule has 0 amide bonds. The summed E-state index contributed by atoms with van der Waals surface area (Å²) in [4.78, 5) is 26.7. The Kier molecular flexibility index (Phi) is 6.52. The maximum Gasteiger partial charge on any atom is 0.234 e.